The lowest BCUT2D eigenvalue weighted by molar-refractivity contribution is -0.0985. The molecule has 1 saturated heterocycles. The van der Waals surface area contributed by atoms with Crippen LogP contribution in [0, 0.1) is 0 Å². The number of rotatable bonds is 3. The standard InChI is InChI=1S/C11H18BrN3O2/c1-7(2)15-11(8(12)5-14-15)10(13)9-6-16-3-4-17-9/h5,7,9-10H,3-4,6,13H2,1-2H3. The molecular formula is C11H18BrN3O2. The van der Waals surface area contributed by atoms with E-state index in [0.717, 1.165) is 10.2 Å². The number of aromatic nitrogens is 2. The van der Waals surface area contributed by atoms with E-state index in [1.54, 1.807) is 6.20 Å². The average Bonchev–Trinajstić information content (AvgIpc) is 2.71. The van der Waals surface area contributed by atoms with Crippen LogP contribution in [0.25, 0.3) is 0 Å². The molecule has 1 fully saturated rings. The van der Waals surface area contributed by atoms with Crippen molar-refractivity contribution in [3.63, 3.8) is 0 Å². The zero-order valence-electron chi connectivity index (χ0n) is 10.1. The van der Waals surface area contributed by atoms with E-state index in [-0.39, 0.29) is 18.2 Å². The average molecular weight is 304 g/mol. The maximum atomic E-state index is 6.26. The van der Waals surface area contributed by atoms with Gasteiger partial charge in [-0.05, 0) is 29.8 Å². The largest absolute Gasteiger partial charge is 0.376 e. The van der Waals surface area contributed by atoms with Crippen molar-refractivity contribution in [2.24, 2.45) is 5.73 Å². The first kappa shape index (κ1) is 13.0. The predicted octanol–water partition coefficient (Wildman–Crippen LogP) is 1.64. The molecule has 0 bridgehead atoms. The molecule has 2 N–H and O–H groups in total. The second kappa shape index (κ2) is 5.48. The molecular weight excluding hydrogens is 286 g/mol. The highest BCUT2D eigenvalue weighted by atomic mass is 79.9. The molecule has 17 heavy (non-hydrogen) atoms. The van der Waals surface area contributed by atoms with Crippen LogP contribution in [0.2, 0.25) is 0 Å². The fourth-order valence-electron chi connectivity index (χ4n) is 1.96. The van der Waals surface area contributed by atoms with Crippen molar-refractivity contribution in [3.8, 4) is 0 Å². The van der Waals surface area contributed by atoms with Crippen LogP contribution in [-0.4, -0.2) is 35.7 Å². The smallest absolute Gasteiger partial charge is 0.102 e. The van der Waals surface area contributed by atoms with Gasteiger partial charge in [0.05, 0.1) is 42.2 Å². The van der Waals surface area contributed by atoms with E-state index in [9.17, 15) is 0 Å². The van der Waals surface area contributed by atoms with Gasteiger partial charge in [-0.1, -0.05) is 0 Å². The lowest BCUT2D eigenvalue weighted by Crippen LogP contribution is -2.39. The third kappa shape index (κ3) is 2.70. The normalized spacial score (nSPS) is 23.0. The second-order valence-electron chi connectivity index (χ2n) is 4.43. The number of halogens is 1. The lowest BCUT2D eigenvalue weighted by atomic mass is 10.1. The molecule has 2 rings (SSSR count). The number of nitrogens with two attached hydrogens (primary N) is 1. The molecule has 96 valence electrons. The van der Waals surface area contributed by atoms with Crippen LogP contribution in [0.1, 0.15) is 31.6 Å². The summed E-state index contributed by atoms with van der Waals surface area (Å²) >= 11 is 3.49. The van der Waals surface area contributed by atoms with E-state index >= 15 is 0 Å². The van der Waals surface area contributed by atoms with E-state index in [4.69, 9.17) is 15.2 Å². The highest BCUT2D eigenvalue weighted by Gasteiger charge is 2.28. The van der Waals surface area contributed by atoms with Gasteiger partial charge in [-0.15, -0.1) is 0 Å². The third-order valence-electron chi connectivity index (χ3n) is 2.83. The summed E-state index contributed by atoms with van der Waals surface area (Å²) in [7, 11) is 0. The summed E-state index contributed by atoms with van der Waals surface area (Å²) in [5.41, 5.74) is 7.23. The summed E-state index contributed by atoms with van der Waals surface area (Å²) in [5.74, 6) is 0. The molecule has 1 aliphatic heterocycles. The second-order valence-corrected chi connectivity index (χ2v) is 5.28. The minimum atomic E-state index is -0.227. The van der Waals surface area contributed by atoms with Crippen LogP contribution in [0.5, 0.6) is 0 Å². The van der Waals surface area contributed by atoms with E-state index in [0.29, 0.717) is 19.8 Å². The van der Waals surface area contributed by atoms with Gasteiger partial charge in [-0.2, -0.15) is 5.10 Å². The molecule has 0 aliphatic carbocycles. The molecule has 6 heteroatoms. The first-order valence-electron chi connectivity index (χ1n) is 5.79. The van der Waals surface area contributed by atoms with Gasteiger partial charge in [-0.3, -0.25) is 4.68 Å². The highest BCUT2D eigenvalue weighted by molar-refractivity contribution is 9.10. The number of nitrogens with zero attached hydrogens (tertiary/aromatic N) is 2. The minimum absolute atomic E-state index is 0.103. The number of hydrogen-bond donors (Lipinski definition) is 1. The van der Waals surface area contributed by atoms with Crippen LogP contribution in [0.4, 0.5) is 0 Å². The Morgan fingerprint density at radius 3 is 2.88 bits per heavy atom. The first-order chi connectivity index (χ1) is 8.11. The fraction of sp³-hybridized carbons (Fsp3) is 0.727. The fourth-order valence-corrected chi connectivity index (χ4v) is 2.50. The highest BCUT2D eigenvalue weighted by Crippen LogP contribution is 2.28. The van der Waals surface area contributed by atoms with Crippen molar-refractivity contribution in [1.29, 1.82) is 0 Å². The van der Waals surface area contributed by atoms with Crippen molar-refractivity contribution >= 4 is 15.9 Å². The summed E-state index contributed by atoms with van der Waals surface area (Å²) in [6.45, 7) is 5.94. The van der Waals surface area contributed by atoms with Gasteiger partial charge in [0.2, 0.25) is 0 Å². The van der Waals surface area contributed by atoms with Gasteiger partial charge in [0.15, 0.2) is 0 Å². The summed E-state index contributed by atoms with van der Waals surface area (Å²) in [6.07, 6.45) is 1.67. The van der Waals surface area contributed by atoms with E-state index in [2.05, 4.69) is 34.9 Å². The molecule has 0 saturated carbocycles. The minimum Gasteiger partial charge on any atom is -0.376 e. The van der Waals surface area contributed by atoms with Gasteiger partial charge >= 0.3 is 0 Å². The van der Waals surface area contributed by atoms with Gasteiger partial charge in [0.1, 0.15) is 6.10 Å². The summed E-state index contributed by atoms with van der Waals surface area (Å²) in [6, 6.07) is 0.0430. The molecule has 1 aromatic rings. The predicted molar refractivity (Wildman–Crippen MR) is 67.8 cm³/mol. The van der Waals surface area contributed by atoms with Crippen LogP contribution in [0.15, 0.2) is 10.7 Å². The lowest BCUT2D eigenvalue weighted by Gasteiger charge is -2.29. The van der Waals surface area contributed by atoms with Crippen molar-refractivity contribution in [2.75, 3.05) is 19.8 Å². The van der Waals surface area contributed by atoms with E-state index < -0.39 is 0 Å². The summed E-state index contributed by atoms with van der Waals surface area (Å²) in [4.78, 5) is 0. The molecule has 0 amide bonds. The Balaban J connectivity index is 2.22. The Morgan fingerprint density at radius 2 is 2.29 bits per heavy atom. The SMILES string of the molecule is CC(C)n1ncc(Br)c1C(N)C1COCCO1. The molecule has 5 nitrogen and oxygen atoms in total. The van der Waals surface area contributed by atoms with Gasteiger partial charge in [0.25, 0.3) is 0 Å². The molecule has 0 spiro atoms. The molecule has 2 atom stereocenters. The maximum absolute atomic E-state index is 6.26. The van der Waals surface area contributed by atoms with Crippen molar-refractivity contribution in [1.82, 2.24) is 9.78 Å². The van der Waals surface area contributed by atoms with Gasteiger partial charge in [0, 0.05) is 6.04 Å². The topological polar surface area (TPSA) is 62.3 Å². The Kier molecular flexibility index (Phi) is 4.19. The molecule has 2 unspecified atom stereocenters. The molecule has 1 aromatic heterocycles. The maximum Gasteiger partial charge on any atom is 0.102 e. The van der Waals surface area contributed by atoms with Crippen molar-refractivity contribution in [3.05, 3.63) is 16.4 Å². The molecule has 0 radical (unpaired) electrons. The number of hydrogen-bond acceptors (Lipinski definition) is 4. The Hall–Kier alpha value is -0.430. The Morgan fingerprint density at radius 1 is 1.53 bits per heavy atom. The van der Waals surface area contributed by atoms with E-state index in [1.165, 1.54) is 0 Å². The molecule has 2 heterocycles. The summed E-state index contributed by atoms with van der Waals surface area (Å²) < 4.78 is 13.9. The van der Waals surface area contributed by atoms with Crippen molar-refractivity contribution in [2.45, 2.75) is 32.0 Å². The van der Waals surface area contributed by atoms with Crippen molar-refractivity contribution < 1.29 is 9.47 Å². The third-order valence-corrected chi connectivity index (χ3v) is 3.45. The molecule has 0 aromatic carbocycles. The number of ether oxygens (including phenoxy) is 2. The van der Waals surface area contributed by atoms with Crippen LogP contribution >= 0.6 is 15.9 Å². The first-order valence-corrected chi connectivity index (χ1v) is 6.58. The van der Waals surface area contributed by atoms with Crippen LogP contribution < -0.4 is 5.73 Å². The monoisotopic (exact) mass is 303 g/mol. The zero-order valence-corrected chi connectivity index (χ0v) is 11.7. The van der Waals surface area contributed by atoms with E-state index in [1.807, 2.05) is 4.68 Å². The van der Waals surface area contributed by atoms with Crippen LogP contribution in [-0.2, 0) is 9.47 Å². The zero-order chi connectivity index (χ0) is 12.4. The van der Waals surface area contributed by atoms with Crippen LogP contribution in [0.3, 0.4) is 0 Å². The van der Waals surface area contributed by atoms with Gasteiger partial charge in [-0.25, -0.2) is 0 Å². The summed E-state index contributed by atoms with van der Waals surface area (Å²) in [5, 5.41) is 4.32. The molecule has 1 aliphatic rings. The quantitative estimate of drug-likeness (QED) is 0.922. The Bertz CT molecular complexity index is 375. The Labute approximate surface area is 109 Å². The van der Waals surface area contributed by atoms with Gasteiger partial charge < -0.3 is 15.2 Å².